The lowest BCUT2D eigenvalue weighted by atomic mass is 10.2. The molecule has 0 N–H and O–H groups in total. The van der Waals surface area contributed by atoms with Crippen molar-refractivity contribution in [1.29, 1.82) is 0 Å². The van der Waals surface area contributed by atoms with Crippen LogP contribution in [-0.2, 0) is 4.79 Å². The van der Waals surface area contributed by atoms with E-state index in [4.69, 9.17) is 4.74 Å². The number of aromatic nitrogens is 2. The molecule has 0 radical (unpaired) electrons. The van der Waals surface area contributed by atoms with Crippen molar-refractivity contribution in [2.24, 2.45) is 0 Å². The molecule has 1 atom stereocenters. The molecule has 3 rings (SSSR count). The summed E-state index contributed by atoms with van der Waals surface area (Å²) in [7, 11) is 1.66. The predicted octanol–water partition coefficient (Wildman–Crippen LogP) is 3.76. The number of methoxy groups -OCH3 is 1. The van der Waals surface area contributed by atoms with Crippen molar-refractivity contribution < 1.29 is 9.53 Å². The lowest BCUT2D eigenvalue weighted by Gasteiger charge is -2.23. The number of ether oxygens (including phenoxy) is 1. The highest BCUT2D eigenvalue weighted by Gasteiger charge is 2.23. The van der Waals surface area contributed by atoms with Gasteiger partial charge in [0.1, 0.15) is 5.75 Å². The first-order valence-corrected chi connectivity index (χ1v) is 9.70. The fraction of sp³-hybridized carbons (Fsp3) is 0.474. The van der Waals surface area contributed by atoms with E-state index in [0.717, 1.165) is 42.5 Å². The second kappa shape index (κ2) is 8.43. The van der Waals surface area contributed by atoms with Crippen molar-refractivity contribution in [3.63, 3.8) is 0 Å². The van der Waals surface area contributed by atoms with Gasteiger partial charge in [0.2, 0.25) is 5.91 Å². The van der Waals surface area contributed by atoms with E-state index in [-0.39, 0.29) is 11.2 Å². The van der Waals surface area contributed by atoms with Gasteiger partial charge in [0.25, 0.3) is 0 Å². The first-order valence-electron chi connectivity index (χ1n) is 8.82. The number of benzene rings is 1. The summed E-state index contributed by atoms with van der Waals surface area (Å²) in [5.74, 6) is 1.02. The lowest BCUT2D eigenvalue weighted by molar-refractivity contribution is -0.130. The van der Waals surface area contributed by atoms with Crippen molar-refractivity contribution in [3.05, 3.63) is 36.7 Å². The summed E-state index contributed by atoms with van der Waals surface area (Å²) < 4.78 is 7.30. The fourth-order valence-corrected chi connectivity index (χ4v) is 4.06. The summed E-state index contributed by atoms with van der Waals surface area (Å²) in [5, 5.41) is 0.675. The average Bonchev–Trinajstić information content (AvgIpc) is 2.92. The molecule has 5 nitrogen and oxygen atoms in total. The van der Waals surface area contributed by atoms with Gasteiger partial charge in [-0.25, -0.2) is 4.98 Å². The second-order valence-electron chi connectivity index (χ2n) is 6.28. The summed E-state index contributed by atoms with van der Waals surface area (Å²) in [6.07, 6.45) is 8.37. The normalized spacial score (nSPS) is 16.3. The summed E-state index contributed by atoms with van der Waals surface area (Å²) in [5.41, 5.74) is 0.980. The van der Waals surface area contributed by atoms with E-state index in [9.17, 15) is 4.79 Å². The van der Waals surface area contributed by atoms with E-state index in [0.29, 0.717) is 0 Å². The van der Waals surface area contributed by atoms with Crippen molar-refractivity contribution in [3.8, 4) is 11.4 Å². The zero-order chi connectivity index (χ0) is 17.6. The lowest BCUT2D eigenvalue weighted by Crippen LogP contribution is -2.37. The maximum Gasteiger partial charge on any atom is 0.235 e. The molecule has 134 valence electrons. The van der Waals surface area contributed by atoms with Gasteiger partial charge in [0.15, 0.2) is 5.16 Å². The Balaban J connectivity index is 1.72. The van der Waals surface area contributed by atoms with Crippen LogP contribution in [0.25, 0.3) is 5.69 Å². The highest BCUT2D eigenvalue weighted by molar-refractivity contribution is 8.00. The second-order valence-corrected chi connectivity index (χ2v) is 7.59. The molecular weight excluding hydrogens is 334 g/mol. The summed E-state index contributed by atoms with van der Waals surface area (Å²) in [6, 6.07) is 7.84. The molecule has 1 aliphatic heterocycles. The number of carbonyl (C=O) groups is 1. The quantitative estimate of drug-likeness (QED) is 0.763. The summed E-state index contributed by atoms with van der Waals surface area (Å²) in [4.78, 5) is 19.2. The monoisotopic (exact) mass is 359 g/mol. The molecule has 1 fully saturated rings. The Labute approximate surface area is 153 Å². The number of hydrogen-bond donors (Lipinski definition) is 0. The fourth-order valence-electron chi connectivity index (χ4n) is 3.09. The van der Waals surface area contributed by atoms with E-state index in [1.807, 2.05) is 46.9 Å². The topological polar surface area (TPSA) is 47.4 Å². The Kier molecular flexibility index (Phi) is 6.02. The third-order valence-electron chi connectivity index (χ3n) is 4.49. The number of likely N-dealkylation sites (tertiary alicyclic amines) is 1. The highest BCUT2D eigenvalue weighted by Crippen LogP contribution is 2.27. The smallest absolute Gasteiger partial charge is 0.235 e. The van der Waals surface area contributed by atoms with Gasteiger partial charge in [-0.1, -0.05) is 30.7 Å². The molecule has 1 saturated heterocycles. The SMILES string of the molecule is COc1cccc(-n2ccnc2S[C@H](C)C(=O)N2CCCCCC2)c1. The van der Waals surface area contributed by atoms with Gasteiger partial charge in [-0.05, 0) is 31.9 Å². The first-order chi connectivity index (χ1) is 12.2. The molecule has 6 heteroatoms. The van der Waals surface area contributed by atoms with Crippen molar-refractivity contribution in [1.82, 2.24) is 14.5 Å². The summed E-state index contributed by atoms with van der Waals surface area (Å²) in [6.45, 7) is 3.74. The molecule has 0 saturated carbocycles. The van der Waals surface area contributed by atoms with E-state index in [1.165, 1.54) is 24.6 Å². The number of nitrogens with zero attached hydrogens (tertiary/aromatic N) is 3. The minimum atomic E-state index is -0.148. The molecule has 0 bridgehead atoms. The van der Waals surface area contributed by atoms with Crippen LogP contribution in [0.1, 0.15) is 32.6 Å². The van der Waals surface area contributed by atoms with Crippen LogP contribution < -0.4 is 4.74 Å². The molecule has 0 aliphatic carbocycles. The van der Waals surface area contributed by atoms with Gasteiger partial charge in [-0.2, -0.15) is 0 Å². The maximum absolute atomic E-state index is 12.8. The number of amides is 1. The van der Waals surface area contributed by atoms with Crippen LogP contribution in [0.3, 0.4) is 0 Å². The molecule has 1 aromatic heterocycles. The number of rotatable bonds is 5. The van der Waals surface area contributed by atoms with E-state index in [1.54, 1.807) is 13.3 Å². The van der Waals surface area contributed by atoms with Crippen LogP contribution in [0.15, 0.2) is 41.8 Å². The van der Waals surface area contributed by atoms with Gasteiger partial charge in [-0.3, -0.25) is 9.36 Å². The standard InChI is InChI=1S/C19H25N3O2S/c1-15(18(23)21-11-5-3-4-6-12-21)25-19-20-10-13-22(19)16-8-7-9-17(14-16)24-2/h7-10,13-15H,3-6,11-12H2,1-2H3/t15-/m1/s1. The van der Waals surface area contributed by atoms with Gasteiger partial charge < -0.3 is 9.64 Å². The van der Waals surface area contributed by atoms with Gasteiger partial charge in [-0.15, -0.1) is 0 Å². The summed E-state index contributed by atoms with van der Waals surface area (Å²) >= 11 is 1.51. The van der Waals surface area contributed by atoms with Crippen molar-refractivity contribution in [2.45, 2.75) is 43.0 Å². The Morgan fingerprint density at radius 2 is 2.00 bits per heavy atom. The van der Waals surface area contributed by atoms with Gasteiger partial charge in [0, 0.05) is 31.5 Å². The average molecular weight is 359 g/mol. The number of thioether (sulfide) groups is 1. The van der Waals surface area contributed by atoms with Gasteiger partial charge in [0.05, 0.1) is 18.0 Å². The van der Waals surface area contributed by atoms with Crippen LogP contribution in [-0.4, -0.2) is 45.8 Å². The third-order valence-corrected chi connectivity index (χ3v) is 5.55. The molecule has 0 unspecified atom stereocenters. The highest BCUT2D eigenvalue weighted by atomic mass is 32.2. The molecule has 1 aromatic carbocycles. The van der Waals surface area contributed by atoms with Crippen LogP contribution >= 0.6 is 11.8 Å². The minimum absolute atomic E-state index is 0.148. The van der Waals surface area contributed by atoms with Crippen molar-refractivity contribution in [2.75, 3.05) is 20.2 Å². The van der Waals surface area contributed by atoms with Crippen molar-refractivity contribution >= 4 is 17.7 Å². The zero-order valence-corrected chi connectivity index (χ0v) is 15.7. The molecule has 2 heterocycles. The maximum atomic E-state index is 12.8. The largest absolute Gasteiger partial charge is 0.497 e. The van der Waals surface area contributed by atoms with Gasteiger partial charge >= 0.3 is 0 Å². The van der Waals surface area contributed by atoms with E-state index >= 15 is 0 Å². The molecular formula is C19H25N3O2S. The van der Waals surface area contributed by atoms with Crippen LogP contribution in [0, 0.1) is 0 Å². The minimum Gasteiger partial charge on any atom is -0.497 e. The van der Waals surface area contributed by atoms with Crippen LogP contribution in [0.2, 0.25) is 0 Å². The number of hydrogen-bond acceptors (Lipinski definition) is 4. The molecule has 25 heavy (non-hydrogen) atoms. The predicted molar refractivity (Wildman–Crippen MR) is 100 cm³/mol. The molecule has 2 aromatic rings. The molecule has 0 spiro atoms. The first kappa shape index (κ1) is 17.9. The van der Waals surface area contributed by atoms with E-state index in [2.05, 4.69) is 4.98 Å². The van der Waals surface area contributed by atoms with Crippen LogP contribution in [0.5, 0.6) is 5.75 Å². The third kappa shape index (κ3) is 4.37. The van der Waals surface area contributed by atoms with E-state index < -0.39 is 0 Å². The Bertz CT molecular complexity index is 708. The Morgan fingerprint density at radius 1 is 1.24 bits per heavy atom. The number of imidazole rings is 1. The molecule has 1 aliphatic rings. The van der Waals surface area contributed by atoms with Crippen LogP contribution in [0.4, 0.5) is 0 Å². The zero-order valence-electron chi connectivity index (χ0n) is 14.9. The molecule has 1 amide bonds. The Hall–Kier alpha value is -1.95. The number of carbonyl (C=O) groups excluding carboxylic acids is 1. The Morgan fingerprint density at radius 3 is 2.72 bits per heavy atom.